The number of hydrogen-bond acceptors (Lipinski definition) is 4. The Labute approximate surface area is 84.0 Å². The molecule has 2 N–H and O–H groups in total. The zero-order chi connectivity index (χ0) is 9.97. The normalized spacial score (nSPS) is 27.5. The molecule has 0 aliphatic heterocycles. The van der Waals surface area contributed by atoms with Crippen molar-refractivity contribution in [3.63, 3.8) is 0 Å². The second kappa shape index (κ2) is 3.90. The highest BCUT2D eigenvalue weighted by molar-refractivity contribution is 5.14. The molecule has 1 aromatic heterocycles. The molecule has 1 fully saturated rings. The lowest BCUT2D eigenvalue weighted by molar-refractivity contribution is 0.335. The van der Waals surface area contributed by atoms with Crippen molar-refractivity contribution in [1.29, 1.82) is 0 Å². The number of hydrogen-bond donors (Lipinski definition) is 1. The fraction of sp³-hybridized carbons (Fsp3) is 0.700. The van der Waals surface area contributed by atoms with E-state index in [0.717, 1.165) is 11.7 Å². The summed E-state index contributed by atoms with van der Waals surface area (Å²) in [7, 11) is 0. The summed E-state index contributed by atoms with van der Waals surface area (Å²) in [5.41, 5.74) is 5.54. The molecule has 4 heteroatoms. The lowest BCUT2D eigenvalue weighted by Gasteiger charge is -2.25. The van der Waals surface area contributed by atoms with E-state index in [1.54, 1.807) is 0 Å². The molecule has 14 heavy (non-hydrogen) atoms. The third kappa shape index (κ3) is 2.00. The molecule has 0 radical (unpaired) electrons. The van der Waals surface area contributed by atoms with Crippen molar-refractivity contribution in [2.45, 2.75) is 38.5 Å². The maximum atomic E-state index is 5.54. The fourth-order valence-corrected chi connectivity index (χ4v) is 2.19. The van der Waals surface area contributed by atoms with Crippen LogP contribution in [0.2, 0.25) is 0 Å². The van der Waals surface area contributed by atoms with Gasteiger partial charge in [0.15, 0.2) is 0 Å². The SMILES string of the molecule is CC1CCCC(c2ncnc(N)n2)C1. The van der Waals surface area contributed by atoms with Gasteiger partial charge in [-0.15, -0.1) is 0 Å². The van der Waals surface area contributed by atoms with Crippen molar-refractivity contribution in [2.24, 2.45) is 5.92 Å². The molecular formula is C10H16N4. The van der Waals surface area contributed by atoms with Crippen LogP contribution in [0.25, 0.3) is 0 Å². The standard InChI is InChI=1S/C10H16N4/c1-7-3-2-4-8(5-7)9-12-6-13-10(11)14-9/h6-8H,2-5H2,1H3,(H2,11,12,13,14). The van der Waals surface area contributed by atoms with E-state index in [-0.39, 0.29) is 0 Å². The van der Waals surface area contributed by atoms with Crippen LogP contribution < -0.4 is 5.73 Å². The van der Waals surface area contributed by atoms with E-state index in [0.29, 0.717) is 11.9 Å². The van der Waals surface area contributed by atoms with Crippen LogP contribution in [0.3, 0.4) is 0 Å². The summed E-state index contributed by atoms with van der Waals surface area (Å²) in [6, 6.07) is 0. The highest BCUT2D eigenvalue weighted by Gasteiger charge is 2.22. The average molecular weight is 192 g/mol. The van der Waals surface area contributed by atoms with Gasteiger partial charge in [0.1, 0.15) is 12.2 Å². The van der Waals surface area contributed by atoms with Crippen LogP contribution in [0.1, 0.15) is 44.3 Å². The van der Waals surface area contributed by atoms with E-state index in [1.165, 1.54) is 32.0 Å². The van der Waals surface area contributed by atoms with Gasteiger partial charge in [0.05, 0.1) is 0 Å². The Morgan fingerprint density at radius 2 is 2.21 bits per heavy atom. The van der Waals surface area contributed by atoms with Crippen LogP contribution in [-0.2, 0) is 0 Å². The largest absolute Gasteiger partial charge is 0.368 e. The molecule has 1 saturated carbocycles. The predicted molar refractivity (Wildman–Crippen MR) is 54.6 cm³/mol. The van der Waals surface area contributed by atoms with Gasteiger partial charge in [-0.1, -0.05) is 19.8 Å². The molecule has 2 rings (SSSR count). The van der Waals surface area contributed by atoms with Crippen LogP contribution in [0, 0.1) is 5.92 Å². The monoisotopic (exact) mass is 192 g/mol. The summed E-state index contributed by atoms with van der Waals surface area (Å²) in [4.78, 5) is 12.2. The Morgan fingerprint density at radius 1 is 1.36 bits per heavy atom. The molecule has 0 bridgehead atoms. The zero-order valence-corrected chi connectivity index (χ0v) is 8.48. The molecular weight excluding hydrogens is 176 g/mol. The third-order valence-electron chi connectivity index (χ3n) is 2.91. The molecule has 2 atom stereocenters. The van der Waals surface area contributed by atoms with Crippen LogP contribution in [-0.4, -0.2) is 15.0 Å². The number of aromatic nitrogens is 3. The van der Waals surface area contributed by atoms with Crippen molar-refractivity contribution < 1.29 is 0 Å². The molecule has 0 saturated heterocycles. The topological polar surface area (TPSA) is 64.7 Å². The van der Waals surface area contributed by atoms with E-state index >= 15 is 0 Å². The first-order valence-corrected chi connectivity index (χ1v) is 5.20. The molecule has 0 amide bonds. The zero-order valence-electron chi connectivity index (χ0n) is 8.48. The summed E-state index contributed by atoms with van der Waals surface area (Å²) < 4.78 is 0. The van der Waals surface area contributed by atoms with E-state index in [4.69, 9.17) is 5.73 Å². The Morgan fingerprint density at radius 3 is 2.93 bits per heavy atom. The lowest BCUT2D eigenvalue weighted by Crippen LogP contribution is -2.15. The van der Waals surface area contributed by atoms with Crippen molar-refractivity contribution in [2.75, 3.05) is 5.73 Å². The number of nitrogen functional groups attached to an aromatic ring is 1. The quantitative estimate of drug-likeness (QED) is 0.736. The average Bonchev–Trinajstić information content (AvgIpc) is 2.18. The smallest absolute Gasteiger partial charge is 0.223 e. The van der Waals surface area contributed by atoms with Gasteiger partial charge in [0, 0.05) is 5.92 Å². The van der Waals surface area contributed by atoms with E-state index in [2.05, 4.69) is 21.9 Å². The fourth-order valence-electron chi connectivity index (χ4n) is 2.19. The van der Waals surface area contributed by atoms with Gasteiger partial charge in [-0.3, -0.25) is 0 Å². The van der Waals surface area contributed by atoms with Crippen LogP contribution >= 0.6 is 0 Å². The van der Waals surface area contributed by atoms with E-state index in [9.17, 15) is 0 Å². The van der Waals surface area contributed by atoms with Gasteiger partial charge in [0.25, 0.3) is 0 Å². The highest BCUT2D eigenvalue weighted by Crippen LogP contribution is 2.34. The minimum Gasteiger partial charge on any atom is -0.368 e. The maximum Gasteiger partial charge on any atom is 0.223 e. The number of nitrogens with two attached hydrogens (primary N) is 1. The number of nitrogens with zero attached hydrogens (tertiary/aromatic N) is 3. The molecule has 4 nitrogen and oxygen atoms in total. The molecule has 2 unspecified atom stereocenters. The summed E-state index contributed by atoms with van der Waals surface area (Å²) in [6.07, 6.45) is 6.49. The second-order valence-electron chi connectivity index (χ2n) is 4.17. The van der Waals surface area contributed by atoms with Gasteiger partial charge < -0.3 is 5.73 Å². The molecule has 76 valence electrons. The highest BCUT2D eigenvalue weighted by atomic mass is 15.1. The molecule has 1 aromatic rings. The van der Waals surface area contributed by atoms with Crippen LogP contribution in [0.5, 0.6) is 0 Å². The molecule has 1 heterocycles. The molecule has 1 aliphatic carbocycles. The van der Waals surface area contributed by atoms with Crippen molar-refractivity contribution in [3.05, 3.63) is 12.2 Å². The maximum absolute atomic E-state index is 5.54. The molecule has 0 aromatic carbocycles. The summed E-state index contributed by atoms with van der Waals surface area (Å²) >= 11 is 0. The first-order chi connectivity index (χ1) is 6.75. The van der Waals surface area contributed by atoms with Crippen molar-refractivity contribution in [1.82, 2.24) is 15.0 Å². The lowest BCUT2D eigenvalue weighted by atomic mass is 9.82. The Balaban J connectivity index is 2.14. The Bertz CT molecular complexity index is 313. The third-order valence-corrected chi connectivity index (χ3v) is 2.91. The van der Waals surface area contributed by atoms with Crippen LogP contribution in [0.15, 0.2) is 6.33 Å². The minimum atomic E-state index is 0.341. The number of rotatable bonds is 1. The molecule has 0 spiro atoms. The molecule has 1 aliphatic rings. The first kappa shape index (κ1) is 9.37. The number of anilines is 1. The first-order valence-electron chi connectivity index (χ1n) is 5.20. The van der Waals surface area contributed by atoms with Gasteiger partial charge in [0.2, 0.25) is 5.95 Å². The van der Waals surface area contributed by atoms with Gasteiger partial charge in [-0.05, 0) is 18.8 Å². The van der Waals surface area contributed by atoms with E-state index in [1.807, 2.05) is 0 Å². The van der Waals surface area contributed by atoms with Gasteiger partial charge in [-0.2, -0.15) is 4.98 Å². The van der Waals surface area contributed by atoms with E-state index < -0.39 is 0 Å². The van der Waals surface area contributed by atoms with Gasteiger partial charge >= 0.3 is 0 Å². The predicted octanol–water partition coefficient (Wildman–Crippen LogP) is 1.75. The summed E-state index contributed by atoms with van der Waals surface area (Å²) in [6.45, 7) is 2.29. The van der Waals surface area contributed by atoms with Crippen molar-refractivity contribution in [3.8, 4) is 0 Å². The Hall–Kier alpha value is -1.19. The van der Waals surface area contributed by atoms with Gasteiger partial charge in [-0.25, -0.2) is 9.97 Å². The summed E-state index contributed by atoms with van der Waals surface area (Å²) in [5, 5.41) is 0. The second-order valence-corrected chi connectivity index (χ2v) is 4.17. The van der Waals surface area contributed by atoms with Crippen molar-refractivity contribution >= 4 is 5.95 Å². The van der Waals surface area contributed by atoms with Crippen LogP contribution in [0.4, 0.5) is 5.95 Å². The summed E-state index contributed by atoms with van der Waals surface area (Å²) in [5.74, 6) is 2.49. The Kier molecular flexibility index (Phi) is 2.61. The minimum absolute atomic E-state index is 0.341.